The number of hydrogen-bond donors (Lipinski definition) is 0. The van der Waals surface area contributed by atoms with E-state index in [1.54, 1.807) is 0 Å². The van der Waals surface area contributed by atoms with Crippen molar-refractivity contribution in [2.24, 2.45) is 16.5 Å². The van der Waals surface area contributed by atoms with Crippen molar-refractivity contribution in [3.05, 3.63) is 0 Å². The lowest BCUT2D eigenvalue weighted by atomic mass is 9.85. The fourth-order valence-electron chi connectivity index (χ4n) is 5.11. The molecule has 2 saturated carbocycles. The molecule has 0 spiro atoms. The van der Waals surface area contributed by atoms with Crippen LogP contribution in [0.3, 0.4) is 0 Å². The first-order valence-corrected chi connectivity index (χ1v) is 10.2. The molecule has 2 aliphatic heterocycles. The lowest BCUT2D eigenvalue weighted by Crippen LogP contribution is -2.40. The first-order valence-electron chi connectivity index (χ1n) is 8.59. The normalized spacial score (nSPS) is 40.0. The molecule has 0 amide bonds. The van der Waals surface area contributed by atoms with Gasteiger partial charge >= 0.3 is 10.1 Å². The Morgan fingerprint density at radius 1 is 1.22 bits per heavy atom. The van der Waals surface area contributed by atoms with Crippen molar-refractivity contribution in [3.8, 4) is 0 Å². The number of fused-ring (bicyclic) bond motifs is 4. The summed E-state index contributed by atoms with van der Waals surface area (Å²) in [4.78, 5) is 14.5. The van der Waals surface area contributed by atoms with Gasteiger partial charge in [-0.05, 0) is 45.1 Å². The number of carbonyl (C=O) groups is 1. The first-order chi connectivity index (χ1) is 10.9. The minimum absolute atomic E-state index is 0.103. The van der Waals surface area contributed by atoms with Gasteiger partial charge in [0.2, 0.25) is 0 Å². The Hall–Kier alpha value is -0.950. The second-order valence-corrected chi connectivity index (χ2v) is 9.46. The molecule has 0 aromatic carbocycles. The Labute approximate surface area is 137 Å². The highest BCUT2D eigenvalue weighted by molar-refractivity contribution is 7.86. The fourth-order valence-corrected chi connectivity index (χ4v) is 6.48. The van der Waals surface area contributed by atoms with Crippen molar-refractivity contribution < 1.29 is 17.5 Å². The van der Waals surface area contributed by atoms with Crippen molar-refractivity contribution in [2.45, 2.75) is 63.5 Å². The molecular formula is C16H24N2O4S. The molecule has 128 valence electrons. The number of nitrogens with zero attached hydrogens (tertiary/aromatic N) is 2. The zero-order chi connectivity index (χ0) is 16.2. The van der Waals surface area contributed by atoms with Gasteiger partial charge in [0.05, 0.1) is 5.71 Å². The van der Waals surface area contributed by atoms with E-state index in [0.29, 0.717) is 37.3 Å². The van der Waals surface area contributed by atoms with E-state index < -0.39 is 15.5 Å². The fraction of sp³-hybridized carbons (Fsp3) is 0.875. The molecule has 4 rings (SSSR count). The summed E-state index contributed by atoms with van der Waals surface area (Å²) in [5.74, 6) is 0.290. The molecular weight excluding hydrogens is 316 g/mol. The van der Waals surface area contributed by atoms with Crippen LogP contribution < -0.4 is 0 Å². The average molecular weight is 340 g/mol. The highest BCUT2D eigenvalue weighted by atomic mass is 32.2. The molecule has 7 heteroatoms. The van der Waals surface area contributed by atoms with Crippen LogP contribution in [0.5, 0.6) is 0 Å². The summed E-state index contributed by atoms with van der Waals surface area (Å²) in [6.45, 7) is 0. The maximum atomic E-state index is 12.3. The molecule has 4 fully saturated rings. The van der Waals surface area contributed by atoms with Crippen LogP contribution in [0.2, 0.25) is 0 Å². The van der Waals surface area contributed by atoms with E-state index in [-0.39, 0.29) is 11.5 Å². The highest BCUT2D eigenvalue weighted by Gasteiger charge is 2.54. The average Bonchev–Trinajstić information content (AvgIpc) is 3.05. The second-order valence-electron chi connectivity index (χ2n) is 7.91. The van der Waals surface area contributed by atoms with Crippen molar-refractivity contribution in [1.29, 1.82) is 0 Å². The topological polar surface area (TPSA) is 76.0 Å². The zero-order valence-corrected chi connectivity index (χ0v) is 14.3. The van der Waals surface area contributed by atoms with Crippen LogP contribution in [0.15, 0.2) is 5.16 Å². The summed E-state index contributed by atoms with van der Waals surface area (Å²) in [6, 6.07) is 0.925. The Balaban J connectivity index is 1.42. The summed E-state index contributed by atoms with van der Waals surface area (Å²) >= 11 is 0. The molecule has 4 aliphatic rings. The van der Waals surface area contributed by atoms with Gasteiger partial charge in [-0.25, -0.2) is 0 Å². The van der Waals surface area contributed by atoms with E-state index in [0.717, 1.165) is 37.8 Å². The summed E-state index contributed by atoms with van der Waals surface area (Å²) < 4.78 is 29.6. The van der Waals surface area contributed by atoms with E-state index >= 15 is 0 Å². The third-order valence-corrected chi connectivity index (χ3v) is 7.64. The van der Waals surface area contributed by atoms with Crippen LogP contribution in [0.4, 0.5) is 0 Å². The molecule has 0 N–H and O–H groups in total. The van der Waals surface area contributed by atoms with Crippen LogP contribution in [-0.4, -0.2) is 49.7 Å². The third-order valence-electron chi connectivity index (χ3n) is 6.44. The third kappa shape index (κ3) is 2.71. The number of hydrogen-bond acceptors (Lipinski definition) is 6. The first kappa shape index (κ1) is 15.6. The van der Waals surface area contributed by atoms with Gasteiger partial charge in [-0.2, -0.15) is 8.42 Å². The van der Waals surface area contributed by atoms with E-state index in [1.165, 1.54) is 0 Å². The van der Waals surface area contributed by atoms with Gasteiger partial charge in [-0.3, -0.25) is 14.0 Å². The lowest BCUT2D eigenvalue weighted by Gasteiger charge is -2.31. The molecule has 0 radical (unpaired) electrons. The van der Waals surface area contributed by atoms with E-state index in [1.807, 2.05) is 0 Å². The summed E-state index contributed by atoms with van der Waals surface area (Å²) in [7, 11) is -1.67. The summed E-state index contributed by atoms with van der Waals surface area (Å²) in [6.07, 6.45) is 6.76. The molecule has 2 aliphatic carbocycles. The number of ketones is 1. The van der Waals surface area contributed by atoms with Crippen LogP contribution in [0.1, 0.15) is 51.4 Å². The lowest BCUT2D eigenvalue weighted by molar-refractivity contribution is -0.125. The largest absolute Gasteiger partial charge is 0.329 e. The number of Topliss-reactive ketones (excluding diaryl/α,β-unsaturated/α-hetero) is 1. The molecule has 4 atom stereocenters. The van der Waals surface area contributed by atoms with Crippen LogP contribution >= 0.6 is 0 Å². The quantitative estimate of drug-likeness (QED) is 0.728. The van der Waals surface area contributed by atoms with E-state index in [4.69, 9.17) is 4.28 Å². The standard InChI is InChI=1S/C16H24N2O4S/c1-18-13-2-3-14(18)8-12(7-13)17-22-23(20,21)10-16-5-4-11(9-16)6-15(16)19/h11,13-14H,2-10H2,1H3/t11-,13-,14-,16-/m1/s1. The van der Waals surface area contributed by atoms with E-state index in [2.05, 4.69) is 17.1 Å². The van der Waals surface area contributed by atoms with Gasteiger partial charge in [0, 0.05) is 36.8 Å². The molecule has 23 heavy (non-hydrogen) atoms. The van der Waals surface area contributed by atoms with Gasteiger partial charge in [0.15, 0.2) is 0 Å². The SMILES string of the molecule is CN1[C@@H]2CC[C@@H]1CC(=NOS(=O)(=O)C[C@]13CC[C@H](CC1=O)C3)C2. The minimum atomic E-state index is -3.79. The Morgan fingerprint density at radius 3 is 2.48 bits per heavy atom. The Morgan fingerprint density at radius 2 is 1.91 bits per heavy atom. The van der Waals surface area contributed by atoms with Crippen LogP contribution in [0.25, 0.3) is 0 Å². The number of piperidine rings is 1. The van der Waals surface area contributed by atoms with Crippen molar-refractivity contribution in [2.75, 3.05) is 12.8 Å². The molecule has 2 saturated heterocycles. The van der Waals surface area contributed by atoms with Gasteiger partial charge < -0.3 is 0 Å². The van der Waals surface area contributed by atoms with Crippen molar-refractivity contribution >= 4 is 21.6 Å². The summed E-state index contributed by atoms with van der Waals surface area (Å²) in [5, 5.41) is 3.97. The number of rotatable bonds is 4. The molecule has 0 unspecified atom stereocenters. The summed E-state index contributed by atoms with van der Waals surface area (Å²) in [5.41, 5.74) is 0.161. The predicted octanol–water partition coefficient (Wildman–Crippen LogP) is 1.70. The smallest absolute Gasteiger partial charge is 0.300 e. The van der Waals surface area contributed by atoms with Gasteiger partial charge in [-0.1, -0.05) is 5.16 Å². The van der Waals surface area contributed by atoms with E-state index in [9.17, 15) is 13.2 Å². The zero-order valence-electron chi connectivity index (χ0n) is 13.5. The van der Waals surface area contributed by atoms with Gasteiger partial charge in [0.25, 0.3) is 0 Å². The maximum absolute atomic E-state index is 12.3. The van der Waals surface area contributed by atoms with Crippen molar-refractivity contribution in [1.82, 2.24) is 4.90 Å². The molecule has 0 aromatic rings. The highest BCUT2D eigenvalue weighted by Crippen LogP contribution is 2.52. The monoisotopic (exact) mass is 340 g/mol. The van der Waals surface area contributed by atoms with Gasteiger partial charge in [0.1, 0.15) is 11.5 Å². The van der Waals surface area contributed by atoms with Crippen LogP contribution in [-0.2, 0) is 19.2 Å². The van der Waals surface area contributed by atoms with Crippen LogP contribution in [0, 0.1) is 11.3 Å². The minimum Gasteiger partial charge on any atom is -0.300 e. The molecule has 0 aromatic heterocycles. The Bertz CT molecular complexity index is 643. The number of carbonyl (C=O) groups excluding carboxylic acids is 1. The Kier molecular flexibility index (Phi) is 3.57. The maximum Gasteiger partial charge on any atom is 0.329 e. The second kappa shape index (κ2) is 5.28. The number of oxime groups is 1. The van der Waals surface area contributed by atoms with Crippen molar-refractivity contribution in [3.63, 3.8) is 0 Å². The molecule has 4 bridgehead atoms. The molecule has 6 nitrogen and oxygen atoms in total. The predicted molar refractivity (Wildman–Crippen MR) is 85.5 cm³/mol. The molecule has 2 heterocycles. The van der Waals surface area contributed by atoms with Gasteiger partial charge in [-0.15, -0.1) is 0 Å².